The number of aromatic nitrogens is 1. The highest BCUT2D eigenvalue weighted by Gasteiger charge is 2.24. The molecule has 0 N–H and O–H groups in total. The van der Waals surface area contributed by atoms with E-state index < -0.39 is 6.10 Å². The molecule has 3 aromatic rings. The van der Waals surface area contributed by atoms with Crippen LogP contribution >= 0.6 is 0 Å². The molecule has 0 fully saturated rings. The van der Waals surface area contributed by atoms with Gasteiger partial charge in [-0.25, -0.2) is 4.98 Å². The lowest BCUT2D eigenvalue weighted by molar-refractivity contribution is 0.0784. The van der Waals surface area contributed by atoms with Crippen LogP contribution in [0.3, 0.4) is 0 Å². The molecule has 0 radical (unpaired) electrons. The van der Waals surface area contributed by atoms with Crippen molar-refractivity contribution in [2.75, 3.05) is 0 Å². The van der Waals surface area contributed by atoms with Crippen molar-refractivity contribution in [3.63, 3.8) is 0 Å². The average Bonchev–Trinajstić information content (AvgIpc) is 2.61. The Kier molecular flexibility index (Phi) is 4.25. The number of hydrogen-bond acceptors (Lipinski definition) is 3. The molecule has 0 spiro atoms. The van der Waals surface area contributed by atoms with E-state index in [0.29, 0.717) is 11.4 Å². The molecule has 0 aliphatic heterocycles. The van der Waals surface area contributed by atoms with Crippen molar-refractivity contribution in [1.29, 1.82) is 0 Å². The minimum absolute atomic E-state index is 0.0857. The summed E-state index contributed by atoms with van der Waals surface area (Å²) in [6.45, 7) is 0. The molecule has 0 aliphatic rings. The predicted octanol–water partition coefficient (Wildman–Crippen LogP) is 4.08. The maximum absolute atomic E-state index is 12.8. The number of ketones is 1. The van der Waals surface area contributed by atoms with Crippen LogP contribution in [0.5, 0.6) is 5.88 Å². The van der Waals surface area contributed by atoms with E-state index in [9.17, 15) is 4.79 Å². The number of Topliss-reactive ketones (excluding diaryl/α,β-unsaturated/α-hetero) is 1. The van der Waals surface area contributed by atoms with E-state index in [2.05, 4.69) is 4.98 Å². The van der Waals surface area contributed by atoms with Crippen LogP contribution < -0.4 is 4.74 Å². The molecule has 0 saturated heterocycles. The van der Waals surface area contributed by atoms with E-state index in [-0.39, 0.29) is 5.78 Å². The van der Waals surface area contributed by atoms with E-state index in [1.54, 1.807) is 24.4 Å². The van der Waals surface area contributed by atoms with Crippen molar-refractivity contribution in [3.05, 3.63) is 96.2 Å². The fourth-order valence-electron chi connectivity index (χ4n) is 2.19. The maximum Gasteiger partial charge on any atom is 0.214 e. The molecule has 1 aromatic heterocycles. The van der Waals surface area contributed by atoms with Gasteiger partial charge in [-0.3, -0.25) is 4.79 Å². The second kappa shape index (κ2) is 6.68. The lowest BCUT2D eigenvalue weighted by Gasteiger charge is -2.17. The Bertz CT molecular complexity index is 727. The third-order valence-electron chi connectivity index (χ3n) is 3.28. The van der Waals surface area contributed by atoms with Gasteiger partial charge in [0.1, 0.15) is 0 Å². The van der Waals surface area contributed by atoms with Gasteiger partial charge < -0.3 is 4.74 Å². The van der Waals surface area contributed by atoms with Crippen molar-refractivity contribution in [3.8, 4) is 5.88 Å². The molecule has 0 amide bonds. The summed E-state index contributed by atoms with van der Waals surface area (Å²) in [4.78, 5) is 16.9. The Morgan fingerprint density at radius 1 is 0.818 bits per heavy atom. The molecule has 3 heteroatoms. The van der Waals surface area contributed by atoms with Crippen LogP contribution in [-0.2, 0) is 0 Å². The molecule has 0 aliphatic carbocycles. The minimum Gasteiger partial charge on any atom is -0.461 e. The molecule has 1 unspecified atom stereocenters. The Morgan fingerprint density at radius 3 is 2.09 bits per heavy atom. The van der Waals surface area contributed by atoms with Gasteiger partial charge in [0.05, 0.1) is 0 Å². The van der Waals surface area contributed by atoms with Crippen LogP contribution in [0.4, 0.5) is 0 Å². The van der Waals surface area contributed by atoms with E-state index >= 15 is 0 Å². The second-order valence-electron chi connectivity index (χ2n) is 4.81. The van der Waals surface area contributed by atoms with Gasteiger partial charge in [0.2, 0.25) is 11.7 Å². The first-order chi connectivity index (χ1) is 10.8. The van der Waals surface area contributed by atoms with Gasteiger partial charge in [-0.05, 0) is 6.07 Å². The molecule has 3 nitrogen and oxygen atoms in total. The largest absolute Gasteiger partial charge is 0.461 e. The van der Waals surface area contributed by atoms with Gasteiger partial charge in [0.25, 0.3) is 0 Å². The zero-order chi connectivity index (χ0) is 15.2. The number of nitrogens with zero attached hydrogens (tertiary/aromatic N) is 1. The quantitative estimate of drug-likeness (QED) is 0.664. The number of pyridine rings is 1. The molecule has 108 valence electrons. The second-order valence-corrected chi connectivity index (χ2v) is 4.81. The highest BCUT2D eigenvalue weighted by Crippen LogP contribution is 2.24. The van der Waals surface area contributed by atoms with Crippen LogP contribution in [-0.4, -0.2) is 10.8 Å². The van der Waals surface area contributed by atoms with Crippen molar-refractivity contribution in [2.45, 2.75) is 6.10 Å². The van der Waals surface area contributed by atoms with Gasteiger partial charge in [-0.2, -0.15) is 0 Å². The summed E-state index contributed by atoms with van der Waals surface area (Å²) in [6, 6.07) is 24.0. The zero-order valence-corrected chi connectivity index (χ0v) is 11.9. The number of ether oxygens (including phenoxy) is 1. The molecule has 3 rings (SSSR count). The highest BCUT2D eigenvalue weighted by atomic mass is 16.5. The minimum atomic E-state index is -0.710. The van der Waals surface area contributed by atoms with Gasteiger partial charge in [-0.1, -0.05) is 66.7 Å². The summed E-state index contributed by atoms with van der Waals surface area (Å²) in [6.07, 6.45) is 0.934. The van der Waals surface area contributed by atoms with E-state index in [1.807, 2.05) is 60.7 Å². The van der Waals surface area contributed by atoms with Crippen molar-refractivity contribution in [2.24, 2.45) is 0 Å². The fraction of sp³-hybridized carbons (Fsp3) is 0.0526. The first-order valence-corrected chi connectivity index (χ1v) is 7.06. The molecule has 2 aromatic carbocycles. The normalized spacial score (nSPS) is 11.6. The van der Waals surface area contributed by atoms with Crippen LogP contribution in [0.25, 0.3) is 0 Å². The predicted molar refractivity (Wildman–Crippen MR) is 84.8 cm³/mol. The lowest BCUT2D eigenvalue weighted by Crippen LogP contribution is -2.19. The Morgan fingerprint density at radius 2 is 1.45 bits per heavy atom. The number of benzene rings is 2. The van der Waals surface area contributed by atoms with Crippen LogP contribution in [0.1, 0.15) is 22.0 Å². The van der Waals surface area contributed by atoms with Gasteiger partial charge in [0.15, 0.2) is 6.10 Å². The third kappa shape index (κ3) is 3.20. The van der Waals surface area contributed by atoms with Crippen molar-refractivity contribution in [1.82, 2.24) is 4.98 Å². The van der Waals surface area contributed by atoms with Crippen LogP contribution in [0, 0.1) is 0 Å². The summed E-state index contributed by atoms with van der Waals surface area (Å²) in [5.74, 6) is 0.345. The Hall–Kier alpha value is -2.94. The first-order valence-electron chi connectivity index (χ1n) is 7.06. The highest BCUT2D eigenvalue weighted by molar-refractivity contribution is 6.00. The topological polar surface area (TPSA) is 39.2 Å². The average molecular weight is 289 g/mol. The van der Waals surface area contributed by atoms with Gasteiger partial charge >= 0.3 is 0 Å². The van der Waals surface area contributed by atoms with Gasteiger partial charge in [0, 0.05) is 23.4 Å². The summed E-state index contributed by atoms with van der Waals surface area (Å²) in [5, 5.41) is 0. The summed E-state index contributed by atoms with van der Waals surface area (Å²) >= 11 is 0. The summed E-state index contributed by atoms with van der Waals surface area (Å²) < 4.78 is 5.86. The number of carbonyl (C=O) groups is 1. The first kappa shape index (κ1) is 14.0. The molecular weight excluding hydrogens is 274 g/mol. The van der Waals surface area contributed by atoms with Crippen LogP contribution in [0.2, 0.25) is 0 Å². The Labute approximate surface area is 129 Å². The fourth-order valence-corrected chi connectivity index (χ4v) is 2.19. The monoisotopic (exact) mass is 289 g/mol. The molecular formula is C19H15NO2. The molecule has 1 heterocycles. The lowest BCUT2D eigenvalue weighted by atomic mass is 10.00. The standard InChI is InChI=1S/C19H15NO2/c21-18(15-9-3-1-4-10-15)19(16-11-5-2-6-12-16)22-17-13-7-8-14-20-17/h1-14,19H. The molecule has 1 atom stereocenters. The molecule has 0 bridgehead atoms. The third-order valence-corrected chi connectivity index (χ3v) is 3.28. The van der Waals surface area contributed by atoms with Crippen molar-refractivity contribution >= 4 is 5.78 Å². The molecule has 22 heavy (non-hydrogen) atoms. The van der Waals surface area contributed by atoms with E-state index in [4.69, 9.17) is 4.74 Å². The zero-order valence-electron chi connectivity index (χ0n) is 11.9. The number of hydrogen-bond donors (Lipinski definition) is 0. The maximum atomic E-state index is 12.8. The molecule has 0 saturated carbocycles. The summed E-state index contributed by atoms with van der Waals surface area (Å²) in [7, 11) is 0. The SMILES string of the molecule is O=C(c1ccccc1)C(Oc1ccccn1)c1ccccc1. The number of rotatable bonds is 5. The van der Waals surface area contributed by atoms with E-state index in [0.717, 1.165) is 5.56 Å². The Balaban J connectivity index is 1.95. The van der Waals surface area contributed by atoms with Gasteiger partial charge in [-0.15, -0.1) is 0 Å². The smallest absolute Gasteiger partial charge is 0.214 e. The van der Waals surface area contributed by atoms with E-state index in [1.165, 1.54) is 0 Å². The number of carbonyl (C=O) groups excluding carboxylic acids is 1. The summed E-state index contributed by atoms with van der Waals surface area (Å²) in [5.41, 5.74) is 1.43. The van der Waals surface area contributed by atoms with Crippen LogP contribution in [0.15, 0.2) is 85.1 Å². The van der Waals surface area contributed by atoms with Crippen molar-refractivity contribution < 1.29 is 9.53 Å².